The average Bonchev–Trinajstić information content (AvgIpc) is 2.85. The van der Waals surface area contributed by atoms with Gasteiger partial charge in [-0.3, -0.25) is 9.69 Å². The van der Waals surface area contributed by atoms with Gasteiger partial charge < -0.3 is 14.4 Å². The van der Waals surface area contributed by atoms with Crippen LogP contribution in [0.15, 0.2) is 78.9 Å². The Morgan fingerprint density at radius 1 is 0.788 bits per heavy atom. The molecule has 4 rings (SSSR count). The molecule has 0 unspecified atom stereocenters. The molecule has 1 saturated heterocycles. The molecule has 1 aliphatic rings. The molecule has 1 fully saturated rings. The summed E-state index contributed by atoms with van der Waals surface area (Å²) in [7, 11) is 1.36. The third-order valence-electron chi connectivity index (χ3n) is 5.74. The zero-order chi connectivity index (χ0) is 23.0. The number of carbonyl (C=O) groups is 2. The molecule has 0 spiro atoms. The maximum absolute atomic E-state index is 12.6. The second-order valence-electron chi connectivity index (χ2n) is 8.08. The summed E-state index contributed by atoms with van der Waals surface area (Å²) in [6, 6.07) is 24.8. The Morgan fingerprint density at radius 3 is 2.18 bits per heavy atom. The normalized spacial score (nSPS) is 14.0. The first-order valence-electron chi connectivity index (χ1n) is 11.1. The fourth-order valence-corrected chi connectivity index (χ4v) is 3.92. The third-order valence-corrected chi connectivity index (χ3v) is 5.74. The molecule has 0 N–H and O–H groups in total. The van der Waals surface area contributed by atoms with E-state index >= 15 is 0 Å². The number of piperazine rings is 1. The number of nitrogens with zero attached hydrogens (tertiary/aromatic N) is 2. The first-order valence-corrected chi connectivity index (χ1v) is 11.1. The fourth-order valence-electron chi connectivity index (χ4n) is 3.92. The van der Waals surface area contributed by atoms with Crippen LogP contribution in [0.1, 0.15) is 21.5 Å². The molecular formula is C27H28N2O4. The first-order chi connectivity index (χ1) is 16.1. The maximum atomic E-state index is 12.6. The van der Waals surface area contributed by atoms with Gasteiger partial charge in [-0.15, -0.1) is 0 Å². The summed E-state index contributed by atoms with van der Waals surface area (Å²) in [5.41, 5.74) is 2.70. The zero-order valence-electron chi connectivity index (χ0n) is 18.8. The van der Waals surface area contributed by atoms with Crippen molar-refractivity contribution in [1.82, 2.24) is 9.80 Å². The average molecular weight is 445 g/mol. The van der Waals surface area contributed by atoms with Crippen LogP contribution in [0.3, 0.4) is 0 Å². The Labute approximate surface area is 194 Å². The van der Waals surface area contributed by atoms with Gasteiger partial charge in [0, 0.05) is 32.7 Å². The molecule has 0 aliphatic carbocycles. The topological polar surface area (TPSA) is 59.1 Å². The van der Waals surface area contributed by atoms with E-state index in [2.05, 4.69) is 11.0 Å². The van der Waals surface area contributed by atoms with E-state index in [0.717, 1.165) is 49.6 Å². The largest absolute Gasteiger partial charge is 0.465 e. The maximum Gasteiger partial charge on any atom is 0.337 e. The molecule has 3 aromatic carbocycles. The first kappa shape index (κ1) is 22.6. The predicted octanol–water partition coefficient (Wildman–Crippen LogP) is 4.15. The number of amides is 1. The molecule has 1 aliphatic heterocycles. The van der Waals surface area contributed by atoms with E-state index in [9.17, 15) is 9.59 Å². The molecule has 0 atom stereocenters. The Kier molecular flexibility index (Phi) is 7.37. The van der Waals surface area contributed by atoms with Gasteiger partial charge in [0.25, 0.3) is 0 Å². The number of methoxy groups -OCH3 is 1. The molecule has 1 amide bonds. The van der Waals surface area contributed by atoms with E-state index in [-0.39, 0.29) is 11.9 Å². The van der Waals surface area contributed by atoms with Gasteiger partial charge in [-0.2, -0.15) is 0 Å². The van der Waals surface area contributed by atoms with Crippen LogP contribution in [0.2, 0.25) is 0 Å². The molecule has 170 valence electrons. The Balaban J connectivity index is 1.28. The van der Waals surface area contributed by atoms with Gasteiger partial charge in [0.1, 0.15) is 11.5 Å². The highest BCUT2D eigenvalue weighted by molar-refractivity contribution is 5.89. The van der Waals surface area contributed by atoms with E-state index in [1.54, 1.807) is 24.3 Å². The van der Waals surface area contributed by atoms with E-state index in [4.69, 9.17) is 9.47 Å². The van der Waals surface area contributed by atoms with E-state index in [1.807, 2.05) is 53.4 Å². The summed E-state index contributed by atoms with van der Waals surface area (Å²) in [5.74, 6) is 1.22. The quantitative estimate of drug-likeness (QED) is 0.513. The van der Waals surface area contributed by atoms with Crippen LogP contribution < -0.4 is 4.74 Å². The van der Waals surface area contributed by atoms with Crippen molar-refractivity contribution in [3.63, 3.8) is 0 Å². The Hall–Kier alpha value is -3.64. The Bertz CT molecular complexity index is 1070. The van der Waals surface area contributed by atoms with Crippen molar-refractivity contribution in [2.75, 3.05) is 33.3 Å². The highest BCUT2D eigenvalue weighted by Crippen LogP contribution is 2.23. The van der Waals surface area contributed by atoms with Crippen LogP contribution in [0.5, 0.6) is 11.5 Å². The van der Waals surface area contributed by atoms with Gasteiger partial charge >= 0.3 is 5.97 Å². The van der Waals surface area contributed by atoms with Gasteiger partial charge in [-0.25, -0.2) is 4.79 Å². The molecule has 3 aromatic rings. The molecule has 0 radical (unpaired) electrons. The van der Waals surface area contributed by atoms with Crippen molar-refractivity contribution in [1.29, 1.82) is 0 Å². The van der Waals surface area contributed by atoms with Crippen LogP contribution in [-0.2, 0) is 22.5 Å². The van der Waals surface area contributed by atoms with Crippen LogP contribution in [-0.4, -0.2) is 55.0 Å². The fraction of sp³-hybridized carbons (Fsp3) is 0.259. The van der Waals surface area contributed by atoms with Crippen LogP contribution in [0.25, 0.3) is 0 Å². The summed E-state index contributed by atoms with van der Waals surface area (Å²) in [6.07, 6.45) is 0.459. The number of benzene rings is 3. The summed E-state index contributed by atoms with van der Waals surface area (Å²) < 4.78 is 10.7. The van der Waals surface area contributed by atoms with E-state index < -0.39 is 0 Å². The standard InChI is InChI=1S/C27H28N2O4/c1-32-27(31)23-10-12-24(13-11-23)33-25-9-5-8-22(18-25)20-28-14-16-29(17-15-28)26(30)19-21-6-3-2-4-7-21/h2-13,18H,14-17,19-20H2,1H3. The Morgan fingerprint density at radius 2 is 1.48 bits per heavy atom. The molecule has 0 saturated carbocycles. The molecular weight excluding hydrogens is 416 g/mol. The molecule has 0 bridgehead atoms. The van der Waals surface area contributed by atoms with Crippen molar-refractivity contribution in [2.24, 2.45) is 0 Å². The van der Waals surface area contributed by atoms with Crippen molar-refractivity contribution >= 4 is 11.9 Å². The minimum atomic E-state index is -0.370. The summed E-state index contributed by atoms with van der Waals surface area (Å²) in [4.78, 5) is 28.5. The van der Waals surface area contributed by atoms with Crippen LogP contribution in [0.4, 0.5) is 0 Å². The number of esters is 1. The lowest BCUT2D eigenvalue weighted by molar-refractivity contribution is -0.132. The van der Waals surface area contributed by atoms with Gasteiger partial charge in [-0.1, -0.05) is 42.5 Å². The minimum absolute atomic E-state index is 0.189. The highest BCUT2D eigenvalue weighted by atomic mass is 16.5. The molecule has 0 aromatic heterocycles. The van der Waals surface area contributed by atoms with Gasteiger partial charge in [0.2, 0.25) is 5.91 Å². The lowest BCUT2D eigenvalue weighted by Gasteiger charge is -2.35. The number of carbonyl (C=O) groups excluding carboxylic acids is 2. The number of rotatable bonds is 7. The number of hydrogen-bond acceptors (Lipinski definition) is 5. The smallest absolute Gasteiger partial charge is 0.337 e. The van der Waals surface area contributed by atoms with Crippen LogP contribution in [0, 0.1) is 0 Å². The van der Waals surface area contributed by atoms with Crippen molar-refractivity contribution in [2.45, 2.75) is 13.0 Å². The number of ether oxygens (including phenoxy) is 2. The molecule has 33 heavy (non-hydrogen) atoms. The minimum Gasteiger partial charge on any atom is -0.465 e. The number of hydrogen-bond donors (Lipinski definition) is 0. The molecule has 6 nitrogen and oxygen atoms in total. The predicted molar refractivity (Wildman–Crippen MR) is 126 cm³/mol. The van der Waals surface area contributed by atoms with Crippen molar-refractivity contribution < 1.29 is 19.1 Å². The lowest BCUT2D eigenvalue weighted by Crippen LogP contribution is -2.48. The molecule has 1 heterocycles. The second-order valence-corrected chi connectivity index (χ2v) is 8.08. The monoisotopic (exact) mass is 444 g/mol. The summed E-state index contributed by atoms with van der Waals surface area (Å²) >= 11 is 0. The highest BCUT2D eigenvalue weighted by Gasteiger charge is 2.21. The van der Waals surface area contributed by atoms with Gasteiger partial charge in [0.15, 0.2) is 0 Å². The van der Waals surface area contributed by atoms with Crippen molar-refractivity contribution in [3.8, 4) is 11.5 Å². The van der Waals surface area contributed by atoms with Gasteiger partial charge in [-0.05, 0) is 47.5 Å². The lowest BCUT2D eigenvalue weighted by atomic mass is 10.1. The third kappa shape index (κ3) is 6.20. The molecule has 6 heteroatoms. The van der Waals surface area contributed by atoms with Crippen LogP contribution >= 0.6 is 0 Å². The SMILES string of the molecule is COC(=O)c1ccc(Oc2cccc(CN3CCN(C(=O)Cc4ccccc4)CC3)c2)cc1. The van der Waals surface area contributed by atoms with E-state index in [0.29, 0.717) is 17.7 Å². The summed E-state index contributed by atoms with van der Waals surface area (Å²) in [6.45, 7) is 3.99. The van der Waals surface area contributed by atoms with Gasteiger partial charge in [0.05, 0.1) is 19.1 Å². The zero-order valence-corrected chi connectivity index (χ0v) is 18.8. The second kappa shape index (κ2) is 10.8. The van der Waals surface area contributed by atoms with E-state index in [1.165, 1.54) is 7.11 Å². The summed E-state index contributed by atoms with van der Waals surface area (Å²) in [5, 5.41) is 0. The van der Waals surface area contributed by atoms with Crippen molar-refractivity contribution in [3.05, 3.63) is 95.6 Å².